The zero-order chi connectivity index (χ0) is 20.4. The molecule has 3 heterocycles. The van der Waals surface area contributed by atoms with Gasteiger partial charge in [-0.2, -0.15) is 4.98 Å². The number of methoxy groups -OCH3 is 2. The van der Waals surface area contributed by atoms with Crippen LogP contribution in [-0.2, 0) is 4.79 Å². The highest BCUT2D eigenvalue weighted by Gasteiger charge is 2.22. The molecule has 3 aromatic rings. The van der Waals surface area contributed by atoms with Crippen molar-refractivity contribution in [3.63, 3.8) is 0 Å². The molecule has 0 spiro atoms. The molecule has 1 fully saturated rings. The van der Waals surface area contributed by atoms with Crippen LogP contribution in [0.2, 0.25) is 0 Å². The Morgan fingerprint density at radius 1 is 1.07 bits per heavy atom. The fraction of sp³-hybridized carbons (Fsp3) is 0.368. The Balaban J connectivity index is 1.59. The third-order valence-corrected chi connectivity index (χ3v) is 4.87. The standard InChI is InChI=1S/C19H23N7O3/c1-13(27)24-6-8-25(9-7-24)17-18-22-19(23-26(18)5-4-20-17)21-14-10-15(28-2)12-16(11-14)29-3/h4-5,10-12H,6-9H2,1-3H3,(H,21,23). The Hall–Kier alpha value is -3.56. The average Bonchev–Trinajstić information content (AvgIpc) is 3.15. The number of aromatic nitrogens is 4. The van der Waals surface area contributed by atoms with Gasteiger partial charge in [0.1, 0.15) is 11.5 Å². The summed E-state index contributed by atoms with van der Waals surface area (Å²) < 4.78 is 12.3. The van der Waals surface area contributed by atoms with E-state index in [0.717, 1.165) is 11.5 Å². The van der Waals surface area contributed by atoms with Crippen molar-refractivity contribution in [1.82, 2.24) is 24.5 Å². The van der Waals surface area contributed by atoms with Crippen LogP contribution in [0.5, 0.6) is 11.5 Å². The number of hydrogen-bond donors (Lipinski definition) is 1. The Labute approximate surface area is 168 Å². The van der Waals surface area contributed by atoms with Gasteiger partial charge in [-0.15, -0.1) is 5.10 Å². The number of piperazine rings is 1. The number of fused-ring (bicyclic) bond motifs is 1. The zero-order valence-corrected chi connectivity index (χ0v) is 16.6. The van der Waals surface area contributed by atoms with E-state index >= 15 is 0 Å². The lowest BCUT2D eigenvalue weighted by Crippen LogP contribution is -2.48. The van der Waals surface area contributed by atoms with E-state index in [1.165, 1.54) is 0 Å². The van der Waals surface area contributed by atoms with Gasteiger partial charge < -0.3 is 24.6 Å². The highest BCUT2D eigenvalue weighted by Crippen LogP contribution is 2.28. The van der Waals surface area contributed by atoms with Gasteiger partial charge in [-0.3, -0.25) is 4.79 Å². The van der Waals surface area contributed by atoms with Crippen LogP contribution in [0.25, 0.3) is 5.65 Å². The topological polar surface area (TPSA) is 97.1 Å². The molecule has 10 nitrogen and oxygen atoms in total. The van der Waals surface area contributed by atoms with Crippen molar-refractivity contribution in [3.05, 3.63) is 30.6 Å². The monoisotopic (exact) mass is 397 g/mol. The van der Waals surface area contributed by atoms with E-state index in [9.17, 15) is 4.79 Å². The van der Waals surface area contributed by atoms with Crippen molar-refractivity contribution in [3.8, 4) is 11.5 Å². The predicted molar refractivity (Wildman–Crippen MR) is 108 cm³/mol. The third-order valence-electron chi connectivity index (χ3n) is 4.87. The number of carbonyl (C=O) groups excluding carboxylic acids is 1. The van der Waals surface area contributed by atoms with Crippen molar-refractivity contribution in [2.24, 2.45) is 0 Å². The van der Waals surface area contributed by atoms with E-state index < -0.39 is 0 Å². The fourth-order valence-corrected chi connectivity index (χ4v) is 3.32. The summed E-state index contributed by atoms with van der Waals surface area (Å²) in [5.74, 6) is 2.62. The van der Waals surface area contributed by atoms with Crippen molar-refractivity contribution >= 4 is 29.0 Å². The van der Waals surface area contributed by atoms with Crippen molar-refractivity contribution in [1.29, 1.82) is 0 Å². The molecule has 1 N–H and O–H groups in total. The molecule has 1 amide bonds. The van der Waals surface area contributed by atoms with E-state index in [0.29, 0.717) is 49.3 Å². The van der Waals surface area contributed by atoms with Crippen LogP contribution in [0.4, 0.5) is 17.5 Å². The van der Waals surface area contributed by atoms with Crippen LogP contribution in [0.15, 0.2) is 30.6 Å². The van der Waals surface area contributed by atoms with Crippen molar-refractivity contribution < 1.29 is 14.3 Å². The molecule has 29 heavy (non-hydrogen) atoms. The summed E-state index contributed by atoms with van der Waals surface area (Å²) in [6.07, 6.45) is 3.46. The molecule has 1 aromatic carbocycles. The number of nitrogens with one attached hydrogen (secondary N) is 1. The first kappa shape index (κ1) is 18.8. The Bertz CT molecular complexity index is 1010. The van der Waals surface area contributed by atoms with Crippen LogP contribution in [0.1, 0.15) is 6.92 Å². The third kappa shape index (κ3) is 3.86. The molecule has 2 aromatic heterocycles. The predicted octanol–water partition coefficient (Wildman–Crippen LogP) is 1.55. The van der Waals surface area contributed by atoms with Crippen molar-refractivity contribution in [2.75, 3.05) is 50.6 Å². The second-order valence-corrected chi connectivity index (χ2v) is 6.67. The number of rotatable bonds is 5. The molecule has 0 unspecified atom stereocenters. The molecule has 10 heteroatoms. The number of ether oxygens (including phenoxy) is 2. The number of amides is 1. The molecule has 152 valence electrons. The minimum absolute atomic E-state index is 0.0958. The van der Waals surface area contributed by atoms with Gasteiger partial charge in [0.25, 0.3) is 0 Å². The second kappa shape index (κ2) is 7.82. The summed E-state index contributed by atoms with van der Waals surface area (Å²) in [6, 6.07) is 5.48. The van der Waals surface area contributed by atoms with Crippen molar-refractivity contribution in [2.45, 2.75) is 6.92 Å². The van der Waals surface area contributed by atoms with E-state index in [4.69, 9.17) is 9.47 Å². The average molecular weight is 397 g/mol. The molecule has 1 aliphatic heterocycles. The van der Waals surface area contributed by atoms with Gasteiger partial charge in [0.2, 0.25) is 11.9 Å². The largest absolute Gasteiger partial charge is 0.497 e. The quantitative estimate of drug-likeness (QED) is 0.693. The number of carbonyl (C=O) groups is 1. The highest BCUT2D eigenvalue weighted by atomic mass is 16.5. The molecule has 4 rings (SSSR count). The van der Waals surface area contributed by atoms with Gasteiger partial charge in [0.15, 0.2) is 11.5 Å². The number of hydrogen-bond acceptors (Lipinski definition) is 8. The highest BCUT2D eigenvalue weighted by molar-refractivity contribution is 5.74. The summed E-state index contributed by atoms with van der Waals surface area (Å²) in [5.41, 5.74) is 1.41. The summed E-state index contributed by atoms with van der Waals surface area (Å²) in [5, 5.41) is 7.69. The number of nitrogens with zero attached hydrogens (tertiary/aromatic N) is 6. The summed E-state index contributed by atoms with van der Waals surface area (Å²) in [7, 11) is 3.21. The minimum Gasteiger partial charge on any atom is -0.497 e. The first-order valence-corrected chi connectivity index (χ1v) is 9.29. The van der Waals surface area contributed by atoms with Gasteiger partial charge in [-0.05, 0) is 0 Å². The maximum atomic E-state index is 11.6. The van der Waals surface area contributed by atoms with E-state index in [2.05, 4.69) is 25.3 Å². The van der Waals surface area contributed by atoms with Gasteiger partial charge in [0.05, 0.1) is 14.2 Å². The van der Waals surface area contributed by atoms with Crippen LogP contribution >= 0.6 is 0 Å². The molecule has 0 atom stereocenters. The number of anilines is 3. The van der Waals surface area contributed by atoms with Gasteiger partial charge in [-0.1, -0.05) is 0 Å². The Morgan fingerprint density at radius 3 is 2.38 bits per heavy atom. The molecule has 1 saturated heterocycles. The Morgan fingerprint density at radius 2 is 1.76 bits per heavy atom. The maximum absolute atomic E-state index is 11.6. The lowest BCUT2D eigenvalue weighted by Gasteiger charge is -2.34. The number of benzene rings is 1. The van der Waals surface area contributed by atoms with Crippen LogP contribution < -0.4 is 19.7 Å². The fourth-order valence-electron chi connectivity index (χ4n) is 3.32. The van der Waals surface area contributed by atoms with Gasteiger partial charge >= 0.3 is 0 Å². The molecule has 0 saturated carbocycles. The van der Waals surface area contributed by atoms with Crippen LogP contribution in [0, 0.1) is 0 Å². The summed E-state index contributed by atoms with van der Waals surface area (Å²) in [6.45, 7) is 4.34. The molecule has 1 aliphatic rings. The van der Waals surface area contributed by atoms with E-state index in [1.54, 1.807) is 44.1 Å². The molecule has 0 aliphatic carbocycles. The molecular weight excluding hydrogens is 374 g/mol. The van der Waals surface area contributed by atoms with Gasteiger partial charge in [0, 0.05) is 69.4 Å². The first-order valence-electron chi connectivity index (χ1n) is 9.29. The summed E-state index contributed by atoms with van der Waals surface area (Å²) in [4.78, 5) is 24.7. The van der Waals surface area contributed by atoms with Crippen LogP contribution in [0.3, 0.4) is 0 Å². The normalized spacial score (nSPS) is 14.2. The van der Waals surface area contributed by atoms with E-state index in [1.807, 2.05) is 17.0 Å². The van der Waals surface area contributed by atoms with Gasteiger partial charge in [-0.25, -0.2) is 9.50 Å². The molecular formula is C19H23N7O3. The summed E-state index contributed by atoms with van der Waals surface area (Å²) >= 11 is 0. The lowest BCUT2D eigenvalue weighted by atomic mass is 10.3. The molecule has 0 bridgehead atoms. The second-order valence-electron chi connectivity index (χ2n) is 6.67. The minimum atomic E-state index is 0.0958. The Kier molecular flexibility index (Phi) is 5.07. The SMILES string of the molecule is COc1cc(Nc2nc3c(N4CCN(C(C)=O)CC4)nccn3n2)cc(OC)c1. The first-order chi connectivity index (χ1) is 14.1. The lowest BCUT2D eigenvalue weighted by molar-refractivity contribution is -0.129. The van der Waals surface area contributed by atoms with Crippen LogP contribution in [-0.4, -0.2) is 70.8 Å². The smallest absolute Gasteiger partial charge is 0.247 e. The molecule has 0 radical (unpaired) electrons. The zero-order valence-electron chi connectivity index (χ0n) is 16.6. The van der Waals surface area contributed by atoms with E-state index in [-0.39, 0.29) is 5.91 Å². The maximum Gasteiger partial charge on any atom is 0.247 e.